The van der Waals surface area contributed by atoms with Crippen molar-refractivity contribution in [2.45, 2.75) is 6.92 Å². The minimum absolute atomic E-state index is 0.389. The first kappa shape index (κ1) is 14.9. The molecule has 0 unspecified atom stereocenters. The predicted molar refractivity (Wildman–Crippen MR) is 92.0 cm³/mol. The van der Waals surface area contributed by atoms with Gasteiger partial charge in [0.2, 0.25) is 4.77 Å². The van der Waals surface area contributed by atoms with Gasteiger partial charge >= 0.3 is 0 Å². The summed E-state index contributed by atoms with van der Waals surface area (Å²) in [6.45, 7) is 1.81. The first-order valence-corrected chi connectivity index (χ1v) is 7.90. The van der Waals surface area contributed by atoms with Crippen LogP contribution in [0.5, 0.6) is 0 Å². The van der Waals surface area contributed by atoms with Crippen LogP contribution in [0.1, 0.15) is 10.7 Å². The Labute approximate surface area is 140 Å². The molecule has 0 aliphatic heterocycles. The van der Waals surface area contributed by atoms with Gasteiger partial charge in [-0.15, -0.1) is 0 Å². The number of H-pyrrole nitrogens is 1. The van der Waals surface area contributed by atoms with E-state index in [-0.39, 0.29) is 0 Å². The average molecular weight is 351 g/mol. The van der Waals surface area contributed by atoms with Crippen LogP contribution in [0.15, 0.2) is 35.4 Å². The van der Waals surface area contributed by atoms with E-state index in [1.54, 1.807) is 13.1 Å². The van der Waals surface area contributed by atoms with Crippen LogP contribution in [-0.2, 0) is 0 Å². The largest absolute Gasteiger partial charge is 0.331 e. The quantitative estimate of drug-likeness (QED) is 0.551. The number of halogens is 1. The zero-order valence-electron chi connectivity index (χ0n) is 11.4. The standard InChI is InChI=1S/C13H11ClN6S2/c1-8-18-19-13(21)20(8)15-7-10-11(14)17-12(22-10)16-9-5-3-2-4-6-9/h2-7H,1H3,(H,16,17)(H,19,21)/b15-7+. The predicted octanol–water partition coefficient (Wildman–Crippen LogP) is 3.98. The van der Waals surface area contributed by atoms with Crippen molar-refractivity contribution in [3.63, 3.8) is 0 Å². The number of aromatic amines is 1. The molecule has 9 heteroatoms. The fourth-order valence-electron chi connectivity index (χ4n) is 1.71. The highest BCUT2D eigenvalue weighted by Gasteiger charge is 2.08. The molecule has 0 fully saturated rings. The van der Waals surface area contributed by atoms with Gasteiger partial charge in [-0.1, -0.05) is 41.1 Å². The molecule has 0 bridgehead atoms. The maximum Gasteiger partial charge on any atom is 0.216 e. The van der Waals surface area contributed by atoms with Gasteiger partial charge in [-0.05, 0) is 31.3 Å². The van der Waals surface area contributed by atoms with Crippen molar-refractivity contribution < 1.29 is 0 Å². The third kappa shape index (κ3) is 3.24. The molecule has 0 atom stereocenters. The Hall–Kier alpha value is -2.03. The number of aromatic nitrogens is 4. The first-order chi connectivity index (χ1) is 10.6. The number of rotatable bonds is 4. The van der Waals surface area contributed by atoms with Crippen molar-refractivity contribution >= 4 is 52.2 Å². The van der Waals surface area contributed by atoms with Gasteiger partial charge in [-0.2, -0.15) is 14.9 Å². The number of para-hydroxylation sites is 1. The fourth-order valence-corrected chi connectivity index (χ4v) is 2.98. The lowest BCUT2D eigenvalue weighted by Crippen LogP contribution is -1.93. The van der Waals surface area contributed by atoms with E-state index in [1.165, 1.54) is 16.0 Å². The number of anilines is 2. The SMILES string of the molecule is Cc1n[nH]c(=S)n1/N=C/c1sc(Nc2ccccc2)nc1Cl. The average Bonchev–Trinajstić information content (AvgIpc) is 3.01. The molecule has 3 rings (SSSR count). The van der Waals surface area contributed by atoms with Crippen LogP contribution in [-0.4, -0.2) is 26.1 Å². The van der Waals surface area contributed by atoms with Gasteiger partial charge in [0.05, 0.1) is 11.1 Å². The van der Waals surface area contributed by atoms with E-state index < -0.39 is 0 Å². The van der Waals surface area contributed by atoms with Crippen molar-refractivity contribution in [2.24, 2.45) is 5.10 Å². The van der Waals surface area contributed by atoms with Gasteiger partial charge in [0.25, 0.3) is 0 Å². The lowest BCUT2D eigenvalue weighted by atomic mass is 10.3. The molecule has 2 heterocycles. The summed E-state index contributed by atoms with van der Waals surface area (Å²) < 4.78 is 1.95. The Balaban J connectivity index is 1.82. The monoisotopic (exact) mass is 350 g/mol. The smallest absolute Gasteiger partial charge is 0.216 e. The normalized spacial score (nSPS) is 11.2. The van der Waals surface area contributed by atoms with Gasteiger partial charge in [0.15, 0.2) is 10.3 Å². The van der Waals surface area contributed by atoms with E-state index in [1.807, 2.05) is 30.3 Å². The van der Waals surface area contributed by atoms with Crippen LogP contribution in [0.25, 0.3) is 0 Å². The zero-order chi connectivity index (χ0) is 15.5. The summed E-state index contributed by atoms with van der Waals surface area (Å²) in [7, 11) is 0. The minimum atomic E-state index is 0.389. The molecular formula is C13H11ClN6S2. The highest BCUT2D eigenvalue weighted by molar-refractivity contribution is 7.71. The molecule has 0 saturated carbocycles. The van der Waals surface area contributed by atoms with Gasteiger partial charge in [-0.25, -0.2) is 4.98 Å². The second kappa shape index (κ2) is 6.39. The number of thiazole rings is 1. The highest BCUT2D eigenvalue weighted by atomic mass is 35.5. The van der Waals surface area contributed by atoms with E-state index in [2.05, 4.69) is 25.6 Å². The molecule has 0 amide bonds. The highest BCUT2D eigenvalue weighted by Crippen LogP contribution is 2.27. The van der Waals surface area contributed by atoms with Gasteiger partial charge in [0, 0.05) is 5.69 Å². The third-order valence-electron chi connectivity index (χ3n) is 2.74. The Morgan fingerprint density at radius 1 is 1.41 bits per heavy atom. The van der Waals surface area contributed by atoms with Crippen LogP contribution < -0.4 is 5.32 Å². The molecule has 0 spiro atoms. The number of nitrogens with one attached hydrogen (secondary N) is 2. The number of aryl methyl sites for hydroxylation is 1. The lowest BCUT2D eigenvalue weighted by molar-refractivity contribution is 0.821. The van der Waals surface area contributed by atoms with Gasteiger partial charge in [-0.3, -0.25) is 5.10 Å². The first-order valence-electron chi connectivity index (χ1n) is 6.30. The molecule has 6 nitrogen and oxygen atoms in total. The summed E-state index contributed by atoms with van der Waals surface area (Å²) in [4.78, 5) is 5.01. The van der Waals surface area contributed by atoms with Gasteiger partial charge in [0.1, 0.15) is 5.82 Å². The van der Waals surface area contributed by atoms with E-state index in [9.17, 15) is 0 Å². The van der Waals surface area contributed by atoms with E-state index >= 15 is 0 Å². The van der Waals surface area contributed by atoms with Gasteiger partial charge < -0.3 is 5.32 Å². The number of nitrogens with zero attached hydrogens (tertiary/aromatic N) is 4. The summed E-state index contributed by atoms with van der Waals surface area (Å²) in [6, 6.07) is 9.76. The molecule has 3 aromatic rings. The minimum Gasteiger partial charge on any atom is -0.331 e. The molecule has 22 heavy (non-hydrogen) atoms. The lowest BCUT2D eigenvalue weighted by Gasteiger charge is -1.99. The summed E-state index contributed by atoms with van der Waals surface area (Å²) in [5.74, 6) is 0.671. The summed E-state index contributed by atoms with van der Waals surface area (Å²) >= 11 is 12.6. The number of hydrogen-bond donors (Lipinski definition) is 2. The molecule has 112 valence electrons. The second-order valence-corrected chi connectivity index (χ2v) is 6.07. The molecule has 0 aliphatic carbocycles. The van der Waals surface area contributed by atoms with Crippen LogP contribution in [0.2, 0.25) is 5.15 Å². The summed E-state index contributed by atoms with van der Waals surface area (Å²) in [6.07, 6.45) is 1.62. The van der Waals surface area contributed by atoms with Crippen molar-refractivity contribution in [3.05, 3.63) is 51.0 Å². The molecule has 0 saturated heterocycles. The molecule has 0 aliphatic rings. The molecular weight excluding hydrogens is 340 g/mol. The van der Waals surface area contributed by atoms with Crippen LogP contribution in [0, 0.1) is 11.7 Å². The molecule has 2 N–H and O–H groups in total. The zero-order valence-corrected chi connectivity index (χ0v) is 13.8. The van der Waals surface area contributed by atoms with E-state index in [0.29, 0.717) is 20.9 Å². The van der Waals surface area contributed by atoms with Crippen molar-refractivity contribution in [1.82, 2.24) is 19.9 Å². The molecule has 2 aromatic heterocycles. The van der Waals surface area contributed by atoms with Crippen molar-refractivity contribution in [1.29, 1.82) is 0 Å². The number of benzene rings is 1. The van der Waals surface area contributed by atoms with Crippen LogP contribution in [0.3, 0.4) is 0 Å². The second-order valence-electron chi connectivity index (χ2n) is 4.30. The number of hydrogen-bond acceptors (Lipinski definition) is 6. The van der Waals surface area contributed by atoms with E-state index in [0.717, 1.165) is 10.6 Å². The Morgan fingerprint density at radius 2 is 2.18 bits per heavy atom. The third-order valence-corrected chi connectivity index (χ3v) is 4.31. The fraction of sp³-hybridized carbons (Fsp3) is 0.0769. The molecule has 0 radical (unpaired) electrons. The Kier molecular flexibility index (Phi) is 4.32. The van der Waals surface area contributed by atoms with Crippen molar-refractivity contribution in [3.8, 4) is 0 Å². The van der Waals surface area contributed by atoms with Crippen LogP contribution >= 0.6 is 35.2 Å². The summed E-state index contributed by atoms with van der Waals surface area (Å²) in [5.41, 5.74) is 0.948. The summed E-state index contributed by atoms with van der Waals surface area (Å²) in [5, 5.41) is 15.2. The molecule has 1 aromatic carbocycles. The topological polar surface area (TPSA) is 70.9 Å². The Bertz CT molecular complexity index is 864. The maximum absolute atomic E-state index is 6.14. The Morgan fingerprint density at radius 3 is 2.86 bits per heavy atom. The van der Waals surface area contributed by atoms with Crippen LogP contribution in [0.4, 0.5) is 10.8 Å². The maximum atomic E-state index is 6.14. The van der Waals surface area contributed by atoms with Crippen molar-refractivity contribution in [2.75, 3.05) is 5.32 Å². The van der Waals surface area contributed by atoms with E-state index in [4.69, 9.17) is 23.8 Å².